The Morgan fingerprint density at radius 3 is 2.59 bits per heavy atom. The molecule has 0 radical (unpaired) electrons. The van der Waals surface area contributed by atoms with Gasteiger partial charge in [-0.25, -0.2) is 8.42 Å². The number of para-hydroxylation sites is 2. The van der Waals surface area contributed by atoms with E-state index in [1.54, 1.807) is 50.4 Å². The van der Waals surface area contributed by atoms with E-state index >= 15 is 0 Å². The zero-order valence-electron chi connectivity index (χ0n) is 19.1. The molecule has 34 heavy (non-hydrogen) atoms. The van der Waals surface area contributed by atoms with Gasteiger partial charge in [0, 0.05) is 19.2 Å². The minimum Gasteiger partial charge on any atom is -0.493 e. The first kappa shape index (κ1) is 23.6. The maximum absolute atomic E-state index is 13.0. The van der Waals surface area contributed by atoms with Gasteiger partial charge in [-0.3, -0.25) is 9.59 Å². The van der Waals surface area contributed by atoms with Gasteiger partial charge in [-0.05, 0) is 37.6 Å². The third-order valence-corrected chi connectivity index (χ3v) is 7.53. The molecular formula is C24H25NO8S. The lowest BCUT2D eigenvalue weighted by Gasteiger charge is -2.23. The second kappa shape index (κ2) is 9.38. The van der Waals surface area contributed by atoms with Crippen molar-refractivity contribution in [1.82, 2.24) is 4.90 Å². The van der Waals surface area contributed by atoms with Crippen LogP contribution < -0.4 is 19.6 Å². The molecule has 2 aromatic carbocycles. The zero-order chi connectivity index (χ0) is 24.5. The topological polar surface area (TPSA) is 112 Å². The molecule has 1 amide bonds. The van der Waals surface area contributed by atoms with E-state index in [1.165, 1.54) is 18.1 Å². The number of hydrogen-bond donors (Lipinski definition) is 0. The summed E-state index contributed by atoms with van der Waals surface area (Å²) in [5.41, 5.74) is -0.0653. The lowest BCUT2D eigenvalue weighted by Crippen LogP contribution is -2.40. The van der Waals surface area contributed by atoms with Gasteiger partial charge >= 0.3 is 0 Å². The summed E-state index contributed by atoms with van der Waals surface area (Å²) < 4.78 is 45.8. The number of ether oxygens (including phenoxy) is 3. The molecule has 0 bridgehead atoms. The van der Waals surface area contributed by atoms with Crippen LogP contribution in [0.15, 0.2) is 51.7 Å². The predicted octanol–water partition coefficient (Wildman–Crippen LogP) is 2.93. The van der Waals surface area contributed by atoms with Gasteiger partial charge in [-0.1, -0.05) is 12.1 Å². The van der Waals surface area contributed by atoms with Crippen molar-refractivity contribution in [2.24, 2.45) is 0 Å². The highest BCUT2D eigenvalue weighted by Gasteiger charge is 2.32. The molecular weight excluding hydrogens is 462 g/mol. The Bertz CT molecular complexity index is 1400. The highest BCUT2D eigenvalue weighted by atomic mass is 32.2. The number of methoxy groups -OCH3 is 1. The Hall–Kier alpha value is -3.53. The monoisotopic (exact) mass is 487 g/mol. The van der Waals surface area contributed by atoms with Crippen LogP contribution in [-0.4, -0.2) is 57.5 Å². The van der Waals surface area contributed by atoms with Crippen LogP contribution in [0.4, 0.5) is 0 Å². The van der Waals surface area contributed by atoms with Gasteiger partial charge in [-0.15, -0.1) is 0 Å². The maximum Gasteiger partial charge on any atom is 0.260 e. The number of aryl methyl sites for hydroxylation is 1. The van der Waals surface area contributed by atoms with Crippen LogP contribution in [0.25, 0.3) is 11.0 Å². The molecule has 1 fully saturated rings. The van der Waals surface area contributed by atoms with Crippen LogP contribution in [0.3, 0.4) is 0 Å². The van der Waals surface area contributed by atoms with Crippen LogP contribution in [0.5, 0.6) is 23.0 Å². The Morgan fingerprint density at radius 2 is 1.91 bits per heavy atom. The van der Waals surface area contributed by atoms with E-state index in [9.17, 15) is 18.0 Å². The van der Waals surface area contributed by atoms with Crippen molar-refractivity contribution in [3.05, 3.63) is 58.4 Å². The number of sulfone groups is 1. The van der Waals surface area contributed by atoms with Crippen molar-refractivity contribution in [1.29, 1.82) is 0 Å². The molecule has 180 valence electrons. The van der Waals surface area contributed by atoms with Crippen LogP contribution in [0.2, 0.25) is 0 Å². The lowest BCUT2D eigenvalue weighted by atomic mass is 10.2. The van der Waals surface area contributed by atoms with Gasteiger partial charge in [0.25, 0.3) is 5.91 Å². The second-order valence-corrected chi connectivity index (χ2v) is 10.3. The fourth-order valence-corrected chi connectivity index (χ4v) is 5.59. The number of nitrogens with zero attached hydrogens (tertiary/aromatic N) is 1. The molecule has 1 aliphatic rings. The molecule has 1 aliphatic heterocycles. The quantitative estimate of drug-likeness (QED) is 0.500. The third kappa shape index (κ3) is 4.86. The molecule has 0 saturated carbocycles. The summed E-state index contributed by atoms with van der Waals surface area (Å²) in [6, 6.07) is 11.3. The standard InChI is InChI=1S/C24H25NO8S/c1-15-24(33-20-7-5-4-6-19(20)30-3)23(27)18-9-8-17(12-21(18)32-15)31-13-22(26)25(2)16-10-11-34(28,29)14-16/h4-9,12,16H,10-11,13-14H2,1-3H3/t16-/m0/s1. The number of fused-ring (bicyclic) bond motifs is 1. The first-order valence-corrected chi connectivity index (χ1v) is 12.5. The summed E-state index contributed by atoms with van der Waals surface area (Å²) in [6.45, 7) is 1.35. The summed E-state index contributed by atoms with van der Waals surface area (Å²) in [5, 5.41) is 0.294. The number of hydrogen-bond acceptors (Lipinski definition) is 8. The van der Waals surface area contributed by atoms with E-state index in [-0.39, 0.29) is 52.6 Å². The number of amides is 1. The minimum absolute atomic E-state index is 0.0328. The first-order chi connectivity index (χ1) is 16.2. The minimum atomic E-state index is -3.10. The third-order valence-electron chi connectivity index (χ3n) is 5.78. The molecule has 10 heteroatoms. The van der Waals surface area contributed by atoms with Crippen molar-refractivity contribution in [2.45, 2.75) is 19.4 Å². The van der Waals surface area contributed by atoms with E-state index in [0.29, 0.717) is 29.1 Å². The van der Waals surface area contributed by atoms with E-state index in [4.69, 9.17) is 18.6 Å². The molecule has 0 spiro atoms. The SMILES string of the molecule is COc1ccccc1Oc1c(C)oc2cc(OCC(=O)N(C)[C@H]3CCS(=O)(=O)C3)ccc2c1=O. The molecule has 2 heterocycles. The van der Waals surface area contributed by atoms with Gasteiger partial charge in [0.1, 0.15) is 17.1 Å². The summed E-state index contributed by atoms with van der Waals surface area (Å²) in [5.74, 6) is 1.26. The zero-order valence-corrected chi connectivity index (χ0v) is 19.9. The number of carbonyl (C=O) groups is 1. The number of likely N-dealkylation sites (N-methyl/N-ethyl adjacent to an activating group) is 1. The molecule has 9 nitrogen and oxygen atoms in total. The highest BCUT2D eigenvalue weighted by Crippen LogP contribution is 2.32. The summed E-state index contributed by atoms with van der Waals surface area (Å²) in [7, 11) is -0.0109. The molecule has 0 N–H and O–H groups in total. The van der Waals surface area contributed by atoms with Crippen molar-refractivity contribution in [3.8, 4) is 23.0 Å². The number of benzene rings is 2. The van der Waals surface area contributed by atoms with Gasteiger partial charge in [-0.2, -0.15) is 0 Å². The summed E-state index contributed by atoms with van der Waals surface area (Å²) in [4.78, 5) is 26.9. The maximum atomic E-state index is 13.0. The fourth-order valence-electron chi connectivity index (χ4n) is 3.82. The second-order valence-electron chi connectivity index (χ2n) is 8.08. The Labute approximate surface area is 196 Å². The largest absolute Gasteiger partial charge is 0.493 e. The summed E-state index contributed by atoms with van der Waals surface area (Å²) >= 11 is 0. The smallest absolute Gasteiger partial charge is 0.260 e. The van der Waals surface area contributed by atoms with Crippen LogP contribution >= 0.6 is 0 Å². The van der Waals surface area contributed by atoms with Crippen LogP contribution in [0, 0.1) is 6.92 Å². The highest BCUT2D eigenvalue weighted by molar-refractivity contribution is 7.91. The Morgan fingerprint density at radius 1 is 1.18 bits per heavy atom. The summed E-state index contributed by atoms with van der Waals surface area (Å²) in [6.07, 6.45) is 0.421. The van der Waals surface area contributed by atoms with Crippen LogP contribution in [0.1, 0.15) is 12.2 Å². The van der Waals surface area contributed by atoms with Gasteiger partial charge < -0.3 is 23.5 Å². The van der Waals surface area contributed by atoms with Crippen molar-refractivity contribution in [2.75, 3.05) is 32.3 Å². The normalized spacial score (nSPS) is 16.9. The van der Waals surface area contributed by atoms with Gasteiger partial charge in [0.15, 0.2) is 27.9 Å². The molecule has 3 aromatic rings. The average Bonchev–Trinajstić information content (AvgIpc) is 3.19. The van der Waals surface area contributed by atoms with E-state index in [2.05, 4.69) is 0 Å². The average molecular weight is 488 g/mol. The van der Waals surface area contributed by atoms with Crippen LogP contribution in [-0.2, 0) is 14.6 Å². The fraction of sp³-hybridized carbons (Fsp3) is 0.333. The van der Waals surface area contributed by atoms with Crippen molar-refractivity contribution >= 4 is 26.7 Å². The lowest BCUT2D eigenvalue weighted by molar-refractivity contribution is -0.133. The van der Waals surface area contributed by atoms with E-state index in [1.807, 2.05) is 0 Å². The molecule has 0 aliphatic carbocycles. The Balaban J connectivity index is 1.50. The Kier molecular flexibility index (Phi) is 6.52. The first-order valence-electron chi connectivity index (χ1n) is 10.7. The molecule has 1 saturated heterocycles. The van der Waals surface area contributed by atoms with E-state index in [0.717, 1.165) is 0 Å². The van der Waals surface area contributed by atoms with Crippen molar-refractivity contribution in [3.63, 3.8) is 0 Å². The van der Waals surface area contributed by atoms with Crippen molar-refractivity contribution < 1.29 is 31.8 Å². The molecule has 1 aromatic heterocycles. The predicted molar refractivity (Wildman–Crippen MR) is 126 cm³/mol. The number of carbonyl (C=O) groups excluding carboxylic acids is 1. The molecule has 0 unspecified atom stereocenters. The molecule has 1 atom stereocenters. The molecule has 4 rings (SSSR count). The number of rotatable bonds is 7. The van der Waals surface area contributed by atoms with Gasteiger partial charge in [0.2, 0.25) is 11.2 Å². The van der Waals surface area contributed by atoms with Gasteiger partial charge in [0.05, 0.1) is 24.0 Å². The van der Waals surface area contributed by atoms with E-state index < -0.39 is 9.84 Å².